The molecule has 1 saturated carbocycles. The molecule has 3 atom stereocenters. The maximum atomic E-state index is 13.1. The minimum absolute atomic E-state index is 0.0191. The standard InChI is InChI=1S/C29H26N4O2/c1-20(26(34)35-27(2,3)4)23-15-24(21-11-7-5-8-12-21)29(18-32,19-33)25(28(23,16-30)17-31)22-13-9-6-10-14-22/h5-14,23-25H,1,15H2,2-4H3/t23-,24+,25+/m1/s1. The van der Waals surface area contributed by atoms with Crippen LogP contribution in [0.1, 0.15) is 50.2 Å². The van der Waals surface area contributed by atoms with E-state index in [0.717, 1.165) is 0 Å². The fraction of sp³-hybridized carbons (Fsp3) is 0.345. The minimum atomic E-state index is -1.91. The highest BCUT2D eigenvalue weighted by atomic mass is 16.6. The number of hydrogen-bond donors (Lipinski definition) is 0. The molecule has 6 heteroatoms. The summed E-state index contributed by atoms with van der Waals surface area (Å²) in [4.78, 5) is 13.1. The lowest BCUT2D eigenvalue weighted by molar-refractivity contribution is -0.151. The van der Waals surface area contributed by atoms with Gasteiger partial charge in [-0.1, -0.05) is 67.2 Å². The van der Waals surface area contributed by atoms with Crippen molar-refractivity contribution >= 4 is 5.97 Å². The SMILES string of the molecule is C=C(C(=O)OC(C)(C)C)[C@H]1C[C@@H](c2ccccc2)C(C#N)(C#N)[C@@H](c2ccccc2)C1(C#N)C#N. The average molecular weight is 463 g/mol. The van der Waals surface area contributed by atoms with Crippen molar-refractivity contribution in [2.75, 3.05) is 0 Å². The normalized spacial score (nSPS) is 22.3. The third kappa shape index (κ3) is 4.28. The zero-order valence-electron chi connectivity index (χ0n) is 20.0. The zero-order chi connectivity index (χ0) is 25.9. The average Bonchev–Trinajstić information content (AvgIpc) is 2.86. The van der Waals surface area contributed by atoms with Crippen molar-refractivity contribution in [1.82, 2.24) is 0 Å². The number of carbonyl (C=O) groups excluding carboxylic acids is 1. The van der Waals surface area contributed by atoms with Gasteiger partial charge in [0.15, 0.2) is 10.8 Å². The van der Waals surface area contributed by atoms with Gasteiger partial charge in [-0.2, -0.15) is 21.0 Å². The first-order valence-electron chi connectivity index (χ1n) is 11.3. The Morgan fingerprint density at radius 2 is 1.31 bits per heavy atom. The van der Waals surface area contributed by atoms with Gasteiger partial charge in [0.05, 0.1) is 24.3 Å². The Bertz CT molecular complexity index is 1250. The van der Waals surface area contributed by atoms with Gasteiger partial charge in [0.25, 0.3) is 0 Å². The molecule has 0 aliphatic heterocycles. The maximum absolute atomic E-state index is 13.1. The number of carbonyl (C=O) groups is 1. The van der Waals surface area contributed by atoms with Crippen LogP contribution in [-0.4, -0.2) is 11.6 Å². The van der Waals surface area contributed by atoms with Gasteiger partial charge in [-0.3, -0.25) is 0 Å². The molecule has 2 aromatic rings. The molecule has 1 aliphatic carbocycles. The predicted octanol–water partition coefficient (Wildman–Crippen LogP) is 5.54. The molecule has 6 nitrogen and oxygen atoms in total. The summed E-state index contributed by atoms with van der Waals surface area (Å²) in [5.74, 6) is -3.51. The van der Waals surface area contributed by atoms with Crippen molar-refractivity contribution in [2.45, 2.75) is 44.6 Å². The number of rotatable bonds is 4. The smallest absolute Gasteiger partial charge is 0.334 e. The first-order valence-corrected chi connectivity index (χ1v) is 11.3. The molecular weight excluding hydrogens is 436 g/mol. The van der Waals surface area contributed by atoms with E-state index in [1.54, 1.807) is 63.2 Å². The lowest BCUT2D eigenvalue weighted by Gasteiger charge is -2.51. The van der Waals surface area contributed by atoms with Crippen molar-refractivity contribution in [3.63, 3.8) is 0 Å². The van der Waals surface area contributed by atoms with E-state index in [1.165, 1.54) is 0 Å². The molecule has 3 rings (SSSR count). The van der Waals surface area contributed by atoms with Crippen LogP contribution >= 0.6 is 0 Å². The third-order valence-corrected chi connectivity index (χ3v) is 6.64. The molecule has 174 valence electrons. The van der Waals surface area contributed by atoms with Crippen LogP contribution in [0.5, 0.6) is 0 Å². The molecule has 0 saturated heterocycles. The van der Waals surface area contributed by atoms with Crippen LogP contribution in [0.4, 0.5) is 0 Å². The van der Waals surface area contributed by atoms with Crippen molar-refractivity contribution in [3.05, 3.63) is 83.9 Å². The molecule has 0 spiro atoms. The Kier molecular flexibility index (Phi) is 6.82. The summed E-state index contributed by atoms with van der Waals surface area (Å²) in [7, 11) is 0. The van der Waals surface area contributed by atoms with E-state index in [9.17, 15) is 25.8 Å². The molecule has 35 heavy (non-hydrogen) atoms. The highest BCUT2D eigenvalue weighted by Crippen LogP contribution is 2.64. The molecule has 0 N–H and O–H groups in total. The predicted molar refractivity (Wildman–Crippen MR) is 129 cm³/mol. The molecule has 2 aromatic carbocycles. The van der Waals surface area contributed by atoms with E-state index in [1.807, 2.05) is 18.2 Å². The summed E-state index contributed by atoms with van der Waals surface area (Å²) in [6.45, 7) is 9.12. The van der Waals surface area contributed by atoms with Crippen LogP contribution in [-0.2, 0) is 9.53 Å². The van der Waals surface area contributed by atoms with Crippen molar-refractivity contribution in [1.29, 1.82) is 21.0 Å². The van der Waals surface area contributed by atoms with E-state index in [2.05, 4.69) is 30.9 Å². The Labute approximate surface area is 206 Å². The molecule has 0 heterocycles. The molecular formula is C29H26N4O2. The molecule has 0 aromatic heterocycles. The Balaban J connectivity index is 2.35. The van der Waals surface area contributed by atoms with Crippen LogP contribution in [0, 0.1) is 62.1 Å². The fourth-order valence-corrected chi connectivity index (χ4v) is 5.15. The van der Waals surface area contributed by atoms with Gasteiger partial charge in [-0.25, -0.2) is 4.79 Å². The summed E-state index contributed by atoms with van der Waals surface area (Å²) >= 11 is 0. The molecule has 0 amide bonds. The van der Waals surface area contributed by atoms with Gasteiger partial charge in [0.1, 0.15) is 5.60 Å². The van der Waals surface area contributed by atoms with Crippen LogP contribution in [0.2, 0.25) is 0 Å². The molecule has 1 fully saturated rings. The summed E-state index contributed by atoms with van der Waals surface area (Å²) < 4.78 is 5.53. The molecule has 0 unspecified atom stereocenters. The molecule has 0 bridgehead atoms. The fourth-order valence-electron chi connectivity index (χ4n) is 5.15. The van der Waals surface area contributed by atoms with Gasteiger partial charge in [-0.15, -0.1) is 0 Å². The van der Waals surface area contributed by atoms with E-state index in [0.29, 0.717) is 11.1 Å². The van der Waals surface area contributed by atoms with Crippen LogP contribution in [0.3, 0.4) is 0 Å². The summed E-state index contributed by atoms with van der Waals surface area (Å²) in [6, 6.07) is 26.4. The number of nitrogens with zero attached hydrogens (tertiary/aromatic N) is 4. The van der Waals surface area contributed by atoms with Gasteiger partial charge in [0.2, 0.25) is 0 Å². The lowest BCUT2D eigenvalue weighted by Crippen LogP contribution is -2.52. The first-order chi connectivity index (χ1) is 16.6. The van der Waals surface area contributed by atoms with Crippen molar-refractivity contribution in [2.24, 2.45) is 16.7 Å². The van der Waals surface area contributed by atoms with E-state index in [-0.39, 0.29) is 12.0 Å². The van der Waals surface area contributed by atoms with Gasteiger partial charge in [-0.05, 0) is 38.3 Å². The summed E-state index contributed by atoms with van der Waals surface area (Å²) in [5, 5.41) is 42.0. The number of hydrogen-bond acceptors (Lipinski definition) is 6. The number of nitriles is 4. The van der Waals surface area contributed by atoms with E-state index in [4.69, 9.17) is 4.74 Å². The van der Waals surface area contributed by atoms with E-state index < -0.39 is 40.2 Å². The first kappa shape index (κ1) is 25.2. The second kappa shape index (κ2) is 9.46. The van der Waals surface area contributed by atoms with Crippen LogP contribution in [0.25, 0.3) is 0 Å². The lowest BCUT2D eigenvalue weighted by atomic mass is 9.45. The Morgan fingerprint density at radius 3 is 1.74 bits per heavy atom. The minimum Gasteiger partial charge on any atom is -0.457 e. The van der Waals surface area contributed by atoms with Gasteiger partial charge >= 0.3 is 5.97 Å². The van der Waals surface area contributed by atoms with Crippen molar-refractivity contribution in [3.8, 4) is 24.3 Å². The van der Waals surface area contributed by atoms with Gasteiger partial charge in [0, 0.05) is 23.3 Å². The Morgan fingerprint density at radius 1 is 0.857 bits per heavy atom. The van der Waals surface area contributed by atoms with Crippen LogP contribution < -0.4 is 0 Å². The summed E-state index contributed by atoms with van der Waals surface area (Å²) in [6.07, 6.45) is 0.0354. The largest absolute Gasteiger partial charge is 0.457 e. The molecule has 0 radical (unpaired) electrons. The van der Waals surface area contributed by atoms with Crippen molar-refractivity contribution < 1.29 is 9.53 Å². The second-order valence-corrected chi connectivity index (χ2v) is 9.81. The second-order valence-electron chi connectivity index (χ2n) is 9.81. The highest BCUT2D eigenvalue weighted by molar-refractivity contribution is 5.89. The summed E-state index contributed by atoms with van der Waals surface area (Å²) in [5.41, 5.74) is -3.28. The zero-order valence-corrected chi connectivity index (χ0v) is 20.0. The van der Waals surface area contributed by atoms with Gasteiger partial charge < -0.3 is 4.74 Å². The quantitative estimate of drug-likeness (QED) is 0.434. The third-order valence-electron chi connectivity index (χ3n) is 6.64. The Hall–Kier alpha value is -4.39. The monoisotopic (exact) mass is 462 g/mol. The topological polar surface area (TPSA) is 121 Å². The number of benzene rings is 2. The maximum Gasteiger partial charge on any atom is 0.334 e. The molecule has 1 aliphatic rings. The van der Waals surface area contributed by atoms with E-state index >= 15 is 0 Å². The van der Waals surface area contributed by atoms with Crippen LogP contribution in [0.15, 0.2) is 72.8 Å². The number of ether oxygens (including phenoxy) is 1. The number of esters is 1. The highest BCUT2D eigenvalue weighted by Gasteiger charge is 2.66.